The summed E-state index contributed by atoms with van der Waals surface area (Å²) in [6.07, 6.45) is -3.98. The molecule has 1 N–H and O–H groups in total. The maximum absolute atomic E-state index is 13.9. The van der Waals surface area contributed by atoms with Gasteiger partial charge in [-0.2, -0.15) is 13.2 Å². The Labute approximate surface area is 147 Å². The second-order valence-electron chi connectivity index (χ2n) is 6.34. The quantitative estimate of drug-likeness (QED) is 0.725. The van der Waals surface area contributed by atoms with E-state index in [-0.39, 0.29) is 0 Å². The Morgan fingerprint density at radius 3 is 2.50 bits per heavy atom. The highest BCUT2D eigenvalue weighted by atomic mass is 19.4. The fraction of sp³-hybridized carbons (Fsp3) is 0.200. The van der Waals surface area contributed by atoms with Crippen LogP contribution in [-0.2, 0) is 5.72 Å². The zero-order chi connectivity index (χ0) is 18.7. The first-order valence-electron chi connectivity index (χ1n) is 8.05. The molecule has 0 bridgehead atoms. The zero-order valence-electron chi connectivity index (χ0n) is 14.1. The molecule has 3 nitrogen and oxygen atoms in total. The van der Waals surface area contributed by atoms with Gasteiger partial charge in [-0.05, 0) is 42.3 Å². The number of ether oxygens (including phenoxy) is 1. The molecule has 3 aromatic rings. The summed E-state index contributed by atoms with van der Waals surface area (Å²) in [6, 6.07) is 13.6. The van der Waals surface area contributed by atoms with Crippen LogP contribution >= 0.6 is 0 Å². The molecule has 1 atom stereocenters. The van der Waals surface area contributed by atoms with Crippen molar-refractivity contribution in [2.45, 2.75) is 18.8 Å². The van der Waals surface area contributed by atoms with Gasteiger partial charge in [-0.15, -0.1) is 0 Å². The summed E-state index contributed by atoms with van der Waals surface area (Å²) in [5.74, 6) is 0.533. The Morgan fingerprint density at radius 2 is 1.81 bits per heavy atom. The Bertz CT molecular complexity index is 1050. The number of aliphatic hydroxyl groups is 1. The van der Waals surface area contributed by atoms with E-state index >= 15 is 0 Å². The van der Waals surface area contributed by atoms with Crippen LogP contribution in [0.3, 0.4) is 0 Å². The number of hydrogen-bond donors (Lipinski definition) is 1. The van der Waals surface area contributed by atoms with E-state index in [4.69, 9.17) is 4.74 Å². The second-order valence-corrected chi connectivity index (χ2v) is 6.34. The lowest BCUT2D eigenvalue weighted by molar-refractivity contribution is -0.272. The van der Waals surface area contributed by atoms with Crippen LogP contribution in [0.1, 0.15) is 16.8 Å². The molecule has 2 heterocycles. The first-order chi connectivity index (χ1) is 12.3. The van der Waals surface area contributed by atoms with Crippen LogP contribution in [0.4, 0.5) is 13.2 Å². The summed E-state index contributed by atoms with van der Waals surface area (Å²) in [5, 5.41) is 11.4. The summed E-state index contributed by atoms with van der Waals surface area (Å²) < 4.78 is 47.7. The van der Waals surface area contributed by atoms with Gasteiger partial charge in [0.15, 0.2) is 0 Å². The van der Waals surface area contributed by atoms with Crippen molar-refractivity contribution in [3.63, 3.8) is 0 Å². The Kier molecular flexibility index (Phi) is 3.46. The van der Waals surface area contributed by atoms with Crippen LogP contribution in [0.2, 0.25) is 0 Å². The van der Waals surface area contributed by atoms with Crippen molar-refractivity contribution >= 4 is 16.5 Å². The molecule has 26 heavy (non-hydrogen) atoms. The van der Waals surface area contributed by atoms with Crippen molar-refractivity contribution in [3.8, 4) is 5.75 Å². The fourth-order valence-electron chi connectivity index (χ4n) is 3.63. The van der Waals surface area contributed by atoms with Crippen LogP contribution < -0.4 is 4.74 Å². The number of rotatable bonds is 2. The molecule has 1 aliphatic heterocycles. The van der Waals surface area contributed by atoms with Gasteiger partial charge < -0.3 is 14.4 Å². The van der Waals surface area contributed by atoms with Crippen molar-refractivity contribution in [3.05, 3.63) is 71.4 Å². The lowest BCUT2D eigenvalue weighted by Crippen LogP contribution is -2.44. The van der Waals surface area contributed by atoms with Gasteiger partial charge in [0.25, 0.3) is 5.72 Å². The maximum Gasteiger partial charge on any atom is 0.441 e. The third-order valence-electron chi connectivity index (χ3n) is 4.87. The van der Waals surface area contributed by atoms with Crippen LogP contribution in [0, 0.1) is 6.92 Å². The SMILES string of the molecule is COc1cccc(C2=CC(O)(C(F)(F)F)n3c2c(C)c2ccccc23)c1. The number of methoxy groups -OCH3 is 1. The van der Waals surface area contributed by atoms with E-state index in [0.29, 0.717) is 39.0 Å². The van der Waals surface area contributed by atoms with Crippen molar-refractivity contribution < 1.29 is 23.0 Å². The van der Waals surface area contributed by atoms with Gasteiger partial charge in [0, 0.05) is 11.0 Å². The minimum atomic E-state index is -4.86. The maximum atomic E-state index is 13.9. The Morgan fingerprint density at radius 1 is 1.08 bits per heavy atom. The van der Waals surface area contributed by atoms with Gasteiger partial charge in [-0.1, -0.05) is 30.3 Å². The van der Waals surface area contributed by atoms with Crippen LogP contribution in [0.15, 0.2) is 54.6 Å². The number of nitrogens with zero attached hydrogens (tertiary/aromatic N) is 1. The summed E-state index contributed by atoms with van der Waals surface area (Å²) in [7, 11) is 1.50. The number of fused-ring (bicyclic) bond motifs is 3. The topological polar surface area (TPSA) is 34.4 Å². The van der Waals surface area contributed by atoms with E-state index in [0.717, 1.165) is 10.6 Å². The molecule has 1 aromatic heterocycles. The van der Waals surface area contributed by atoms with Gasteiger partial charge in [-0.3, -0.25) is 0 Å². The average molecular weight is 359 g/mol. The van der Waals surface area contributed by atoms with E-state index in [1.54, 1.807) is 55.5 Å². The molecular formula is C20H16F3NO2. The molecule has 0 aliphatic carbocycles. The van der Waals surface area contributed by atoms with Crippen LogP contribution in [0.25, 0.3) is 16.5 Å². The monoisotopic (exact) mass is 359 g/mol. The molecular weight excluding hydrogens is 343 g/mol. The third kappa shape index (κ3) is 2.12. The molecule has 0 amide bonds. The van der Waals surface area contributed by atoms with Gasteiger partial charge >= 0.3 is 6.18 Å². The van der Waals surface area contributed by atoms with Crippen molar-refractivity contribution in [1.29, 1.82) is 0 Å². The Hall–Kier alpha value is -2.73. The number of alkyl halides is 3. The number of halogens is 3. The summed E-state index contributed by atoms with van der Waals surface area (Å²) in [5.41, 5.74) is -0.827. The van der Waals surface area contributed by atoms with Crippen molar-refractivity contribution in [2.24, 2.45) is 0 Å². The third-order valence-corrected chi connectivity index (χ3v) is 4.87. The Balaban J connectivity index is 2.08. The molecule has 1 unspecified atom stereocenters. The first kappa shape index (κ1) is 16.7. The first-order valence-corrected chi connectivity index (χ1v) is 8.05. The molecule has 4 rings (SSSR count). The lowest BCUT2D eigenvalue weighted by atomic mass is 9.98. The molecule has 2 aromatic carbocycles. The standard InChI is InChI=1S/C20H16F3NO2/c1-12-15-8-3-4-9-17(15)24-18(12)16(11-19(24,25)20(21,22)23)13-6-5-7-14(10-13)26-2/h3-11,25H,1-2H3. The van der Waals surface area contributed by atoms with E-state index in [9.17, 15) is 18.3 Å². The lowest BCUT2D eigenvalue weighted by Gasteiger charge is -2.27. The van der Waals surface area contributed by atoms with Crippen molar-refractivity contribution in [2.75, 3.05) is 7.11 Å². The average Bonchev–Trinajstić information content (AvgIpc) is 3.10. The summed E-state index contributed by atoms with van der Waals surface area (Å²) >= 11 is 0. The van der Waals surface area contributed by atoms with E-state index in [1.807, 2.05) is 0 Å². The summed E-state index contributed by atoms with van der Waals surface area (Å²) in [4.78, 5) is 0. The zero-order valence-corrected chi connectivity index (χ0v) is 14.1. The predicted octanol–water partition coefficient (Wildman–Crippen LogP) is 4.61. The molecule has 0 radical (unpaired) electrons. The van der Waals surface area contributed by atoms with Gasteiger partial charge in [0.05, 0.1) is 18.3 Å². The summed E-state index contributed by atoms with van der Waals surface area (Å²) in [6.45, 7) is 1.77. The number of para-hydroxylation sites is 1. The predicted molar refractivity (Wildman–Crippen MR) is 93.0 cm³/mol. The highest BCUT2D eigenvalue weighted by Crippen LogP contribution is 2.50. The smallest absolute Gasteiger partial charge is 0.441 e. The highest BCUT2D eigenvalue weighted by Gasteiger charge is 2.58. The number of aryl methyl sites for hydroxylation is 1. The molecule has 0 saturated carbocycles. The van der Waals surface area contributed by atoms with Gasteiger partial charge in [0.2, 0.25) is 0 Å². The normalized spacial score (nSPS) is 19.5. The van der Waals surface area contributed by atoms with Crippen LogP contribution in [-0.4, -0.2) is 23.0 Å². The molecule has 0 spiro atoms. The number of benzene rings is 2. The van der Waals surface area contributed by atoms with Crippen molar-refractivity contribution in [1.82, 2.24) is 4.57 Å². The molecule has 0 saturated heterocycles. The van der Waals surface area contributed by atoms with Gasteiger partial charge in [0.1, 0.15) is 5.75 Å². The van der Waals surface area contributed by atoms with Crippen LogP contribution in [0.5, 0.6) is 5.75 Å². The fourth-order valence-corrected chi connectivity index (χ4v) is 3.63. The van der Waals surface area contributed by atoms with E-state index in [2.05, 4.69) is 0 Å². The minimum Gasteiger partial charge on any atom is -0.497 e. The molecule has 6 heteroatoms. The second kappa shape index (κ2) is 5.38. The number of hydrogen-bond acceptors (Lipinski definition) is 2. The molecule has 134 valence electrons. The van der Waals surface area contributed by atoms with Gasteiger partial charge in [-0.25, -0.2) is 0 Å². The van der Waals surface area contributed by atoms with E-state index in [1.165, 1.54) is 7.11 Å². The molecule has 0 fully saturated rings. The highest BCUT2D eigenvalue weighted by molar-refractivity contribution is 5.96. The largest absolute Gasteiger partial charge is 0.497 e. The number of aromatic nitrogens is 1. The van der Waals surface area contributed by atoms with E-state index < -0.39 is 11.9 Å². The minimum absolute atomic E-state index is 0.331. The molecule has 1 aliphatic rings.